The van der Waals surface area contributed by atoms with Crippen LogP contribution in [0.25, 0.3) is 11.1 Å². The molecule has 0 bridgehead atoms. The van der Waals surface area contributed by atoms with Gasteiger partial charge in [0, 0.05) is 30.8 Å². The van der Waals surface area contributed by atoms with E-state index in [2.05, 4.69) is 10.00 Å². The molecule has 154 valence electrons. The number of aromatic nitrogens is 2. The lowest BCUT2D eigenvalue weighted by atomic mass is 10.0. The maximum Gasteiger partial charge on any atom is 0.411 e. The van der Waals surface area contributed by atoms with E-state index in [1.165, 1.54) is 4.90 Å². The maximum atomic E-state index is 12.8. The molecule has 1 N–H and O–H groups in total. The third kappa shape index (κ3) is 3.85. The van der Waals surface area contributed by atoms with Crippen LogP contribution in [0.1, 0.15) is 19.8 Å². The van der Waals surface area contributed by atoms with Crippen molar-refractivity contribution < 1.29 is 14.7 Å². The fourth-order valence-corrected chi connectivity index (χ4v) is 3.79. The standard InChI is InChI=1S/C21H27N5O3/c1-14-12-25(21(28)29)19-10-16(17-11-22-24(13-17)9-8-23(2)3)6-7-18(19)26(14)20(27)15-4-5-15/h6-7,10-11,13-15H,4-5,8-9,12H2,1-3H3,(H,28,29)/t14-/m0/s1. The molecule has 0 radical (unpaired) electrons. The molecule has 1 aromatic heterocycles. The average Bonchev–Trinajstić information content (AvgIpc) is 3.42. The number of carbonyl (C=O) groups is 2. The summed E-state index contributed by atoms with van der Waals surface area (Å²) in [6.45, 7) is 3.84. The number of anilines is 2. The normalized spacial score (nSPS) is 18.8. The van der Waals surface area contributed by atoms with E-state index in [1.807, 2.05) is 50.1 Å². The Hall–Kier alpha value is -2.87. The second-order valence-electron chi connectivity index (χ2n) is 8.22. The molecular weight excluding hydrogens is 370 g/mol. The van der Waals surface area contributed by atoms with Gasteiger partial charge in [-0.05, 0) is 51.6 Å². The highest BCUT2D eigenvalue weighted by molar-refractivity contribution is 6.04. The fraction of sp³-hybridized carbons (Fsp3) is 0.476. The molecule has 8 nitrogen and oxygen atoms in total. The Kier molecular flexibility index (Phi) is 5.04. The van der Waals surface area contributed by atoms with Crippen LogP contribution >= 0.6 is 0 Å². The number of rotatable bonds is 5. The Labute approximate surface area is 170 Å². The number of fused-ring (bicyclic) bond motifs is 1. The smallest absolute Gasteiger partial charge is 0.411 e. The fourth-order valence-electron chi connectivity index (χ4n) is 3.79. The van der Waals surface area contributed by atoms with Crippen molar-refractivity contribution in [3.63, 3.8) is 0 Å². The molecule has 2 aromatic rings. The van der Waals surface area contributed by atoms with Gasteiger partial charge >= 0.3 is 6.09 Å². The predicted molar refractivity (Wildman–Crippen MR) is 111 cm³/mol. The number of carboxylic acid groups (broad SMARTS) is 1. The highest BCUT2D eigenvalue weighted by Gasteiger charge is 2.41. The molecule has 2 aliphatic rings. The molecular formula is C21H27N5O3. The second kappa shape index (κ2) is 7.51. The Morgan fingerprint density at radius 3 is 2.62 bits per heavy atom. The molecule has 0 saturated heterocycles. The summed E-state index contributed by atoms with van der Waals surface area (Å²) in [5.41, 5.74) is 3.05. The lowest BCUT2D eigenvalue weighted by molar-refractivity contribution is -0.120. The molecule has 4 rings (SSSR count). The molecule has 0 unspecified atom stereocenters. The molecule has 0 spiro atoms. The lowest BCUT2D eigenvalue weighted by Crippen LogP contribution is -2.52. The SMILES string of the molecule is C[C@H]1CN(C(=O)O)c2cc(-c3cnn(CCN(C)C)c3)ccc2N1C(=O)C1CC1. The third-order valence-electron chi connectivity index (χ3n) is 5.55. The van der Waals surface area contributed by atoms with Crippen LogP contribution in [0.15, 0.2) is 30.6 Å². The predicted octanol–water partition coefficient (Wildman–Crippen LogP) is 2.74. The third-order valence-corrected chi connectivity index (χ3v) is 5.55. The Morgan fingerprint density at radius 1 is 1.21 bits per heavy atom. The monoisotopic (exact) mass is 397 g/mol. The van der Waals surface area contributed by atoms with Gasteiger partial charge in [-0.15, -0.1) is 0 Å². The Balaban J connectivity index is 1.68. The number of likely N-dealkylation sites (N-methyl/N-ethyl adjacent to an activating group) is 1. The van der Waals surface area contributed by atoms with E-state index in [-0.39, 0.29) is 24.4 Å². The number of benzene rings is 1. The first-order valence-electron chi connectivity index (χ1n) is 10.0. The van der Waals surface area contributed by atoms with E-state index in [0.717, 1.165) is 37.1 Å². The minimum Gasteiger partial charge on any atom is -0.465 e. The number of hydrogen-bond donors (Lipinski definition) is 1. The van der Waals surface area contributed by atoms with Crippen LogP contribution in [-0.2, 0) is 11.3 Å². The molecule has 8 heteroatoms. The minimum atomic E-state index is -1.00. The molecule has 1 saturated carbocycles. The summed E-state index contributed by atoms with van der Waals surface area (Å²) < 4.78 is 1.88. The molecule has 29 heavy (non-hydrogen) atoms. The highest BCUT2D eigenvalue weighted by Crippen LogP contribution is 2.42. The van der Waals surface area contributed by atoms with Gasteiger partial charge in [-0.3, -0.25) is 14.4 Å². The minimum absolute atomic E-state index is 0.0799. The average molecular weight is 397 g/mol. The van der Waals surface area contributed by atoms with Crippen LogP contribution in [0.5, 0.6) is 0 Å². The number of hydrogen-bond acceptors (Lipinski definition) is 4. The quantitative estimate of drug-likeness (QED) is 0.839. The van der Waals surface area contributed by atoms with Crippen molar-refractivity contribution >= 4 is 23.4 Å². The van der Waals surface area contributed by atoms with Crippen molar-refractivity contribution in [1.29, 1.82) is 0 Å². The van der Waals surface area contributed by atoms with Gasteiger partial charge in [0.15, 0.2) is 0 Å². The summed E-state index contributed by atoms with van der Waals surface area (Å²) in [7, 11) is 4.04. The topological polar surface area (TPSA) is 81.9 Å². The van der Waals surface area contributed by atoms with Gasteiger partial charge in [0.2, 0.25) is 5.91 Å². The zero-order chi connectivity index (χ0) is 20.7. The van der Waals surface area contributed by atoms with Gasteiger partial charge in [-0.2, -0.15) is 5.10 Å². The van der Waals surface area contributed by atoms with Crippen LogP contribution in [0, 0.1) is 5.92 Å². The largest absolute Gasteiger partial charge is 0.465 e. The molecule has 1 aromatic carbocycles. The van der Waals surface area contributed by atoms with Crippen LogP contribution in [0.4, 0.5) is 16.2 Å². The molecule has 1 atom stereocenters. The molecule has 1 fully saturated rings. The number of amides is 2. The van der Waals surface area contributed by atoms with Gasteiger partial charge < -0.3 is 14.9 Å². The van der Waals surface area contributed by atoms with Gasteiger partial charge in [-0.25, -0.2) is 4.79 Å². The summed E-state index contributed by atoms with van der Waals surface area (Å²) >= 11 is 0. The van der Waals surface area contributed by atoms with Crippen molar-refractivity contribution in [1.82, 2.24) is 14.7 Å². The molecule has 1 aliphatic carbocycles. The van der Waals surface area contributed by atoms with Gasteiger partial charge in [0.05, 0.1) is 30.2 Å². The summed E-state index contributed by atoms with van der Waals surface area (Å²) in [5, 5.41) is 14.2. The zero-order valence-electron chi connectivity index (χ0n) is 17.1. The summed E-state index contributed by atoms with van der Waals surface area (Å²) in [5.74, 6) is 0.185. The van der Waals surface area contributed by atoms with E-state index < -0.39 is 6.09 Å². The van der Waals surface area contributed by atoms with Gasteiger partial charge in [0.1, 0.15) is 0 Å². The Bertz CT molecular complexity index is 934. The second-order valence-corrected chi connectivity index (χ2v) is 8.22. The van der Waals surface area contributed by atoms with Crippen LogP contribution < -0.4 is 9.80 Å². The van der Waals surface area contributed by atoms with Crippen molar-refractivity contribution in [2.75, 3.05) is 37.0 Å². The van der Waals surface area contributed by atoms with Gasteiger partial charge in [0.25, 0.3) is 0 Å². The molecule has 1 aliphatic heterocycles. The Morgan fingerprint density at radius 2 is 1.97 bits per heavy atom. The van der Waals surface area contributed by atoms with Crippen LogP contribution in [0.3, 0.4) is 0 Å². The van der Waals surface area contributed by atoms with Crippen molar-refractivity contribution in [3.8, 4) is 11.1 Å². The highest BCUT2D eigenvalue weighted by atomic mass is 16.4. The lowest BCUT2D eigenvalue weighted by Gasteiger charge is -2.40. The first-order chi connectivity index (χ1) is 13.8. The van der Waals surface area contributed by atoms with E-state index in [1.54, 1.807) is 11.1 Å². The van der Waals surface area contributed by atoms with Crippen LogP contribution in [0.2, 0.25) is 0 Å². The summed E-state index contributed by atoms with van der Waals surface area (Å²) in [6, 6.07) is 5.48. The molecule has 2 amide bonds. The molecule has 2 heterocycles. The summed E-state index contributed by atoms with van der Waals surface area (Å²) in [6.07, 6.45) is 4.60. The van der Waals surface area contributed by atoms with E-state index >= 15 is 0 Å². The van der Waals surface area contributed by atoms with E-state index in [0.29, 0.717) is 11.4 Å². The van der Waals surface area contributed by atoms with Crippen LogP contribution in [-0.4, -0.2) is 65.0 Å². The van der Waals surface area contributed by atoms with Crippen molar-refractivity contribution in [2.45, 2.75) is 32.4 Å². The first kappa shape index (κ1) is 19.4. The summed E-state index contributed by atoms with van der Waals surface area (Å²) in [4.78, 5) is 30.0. The van der Waals surface area contributed by atoms with E-state index in [9.17, 15) is 14.7 Å². The van der Waals surface area contributed by atoms with Crippen molar-refractivity contribution in [2.24, 2.45) is 5.92 Å². The van der Waals surface area contributed by atoms with Gasteiger partial charge in [-0.1, -0.05) is 6.07 Å². The maximum absolute atomic E-state index is 12.8. The first-order valence-corrected chi connectivity index (χ1v) is 10.0. The number of carbonyl (C=O) groups excluding carboxylic acids is 1. The number of nitrogens with zero attached hydrogens (tertiary/aromatic N) is 5. The van der Waals surface area contributed by atoms with Crippen molar-refractivity contribution in [3.05, 3.63) is 30.6 Å². The zero-order valence-corrected chi connectivity index (χ0v) is 17.1. The van der Waals surface area contributed by atoms with E-state index in [4.69, 9.17) is 0 Å².